The number of nitrogens with zero attached hydrogens (tertiary/aromatic N) is 1. The molecule has 0 spiro atoms. The third-order valence-corrected chi connectivity index (χ3v) is 4.82. The van der Waals surface area contributed by atoms with Gasteiger partial charge < -0.3 is 10.6 Å². The van der Waals surface area contributed by atoms with Crippen LogP contribution in [-0.4, -0.2) is 21.9 Å². The molecule has 0 bridgehead atoms. The van der Waals surface area contributed by atoms with Gasteiger partial charge in [-0.05, 0) is 78.5 Å². The molecule has 3 N–H and O–H groups in total. The lowest BCUT2D eigenvalue weighted by Crippen LogP contribution is -2.32. The van der Waals surface area contributed by atoms with Crippen LogP contribution in [0.4, 0.5) is 30.2 Å². The van der Waals surface area contributed by atoms with Crippen molar-refractivity contribution >= 4 is 52.3 Å². The van der Waals surface area contributed by atoms with E-state index in [2.05, 4.69) is 16.0 Å². The van der Waals surface area contributed by atoms with Crippen LogP contribution in [0.15, 0.2) is 78.9 Å². The first-order valence-corrected chi connectivity index (χ1v) is 10.6. The Labute approximate surface area is 208 Å². The van der Waals surface area contributed by atoms with E-state index in [9.17, 15) is 32.9 Å². The normalized spacial score (nSPS) is 11.1. The van der Waals surface area contributed by atoms with Crippen molar-refractivity contribution in [2.45, 2.75) is 6.18 Å². The molecular weight excluding hydrogens is 497 g/mol. The molecule has 184 valence electrons. The van der Waals surface area contributed by atoms with Crippen LogP contribution < -0.4 is 16.0 Å². The molecule has 36 heavy (non-hydrogen) atoms. The molecular formula is C24H17F3N4O4S. The summed E-state index contributed by atoms with van der Waals surface area (Å²) in [5, 5.41) is 18.3. The minimum absolute atomic E-state index is 0.00250. The quantitative estimate of drug-likeness (QED) is 0.176. The molecule has 3 aromatic carbocycles. The Balaban J connectivity index is 1.52. The van der Waals surface area contributed by atoms with Crippen molar-refractivity contribution in [2.75, 3.05) is 10.6 Å². The first-order chi connectivity index (χ1) is 17.0. The van der Waals surface area contributed by atoms with Gasteiger partial charge in [0, 0.05) is 35.1 Å². The maximum atomic E-state index is 12.8. The van der Waals surface area contributed by atoms with E-state index in [1.165, 1.54) is 72.8 Å². The van der Waals surface area contributed by atoms with Gasteiger partial charge in [0.05, 0.1) is 10.5 Å². The van der Waals surface area contributed by atoms with E-state index >= 15 is 0 Å². The van der Waals surface area contributed by atoms with Crippen molar-refractivity contribution in [2.24, 2.45) is 0 Å². The van der Waals surface area contributed by atoms with Crippen LogP contribution in [0.5, 0.6) is 0 Å². The number of hydrogen-bond donors (Lipinski definition) is 3. The van der Waals surface area contributed by atoms with Crippen molar-refractivity contribution in [3.05, 3.63) is 106 Å². The van der Waals surface area contributed by atoms with E-state index in [1.54, 1.807) is 0 Å². The molecule has 0 saturated carbocycles. The number of amides is 2. The van der Waals surface area contributed by atoms with E-state index in [-0.39, 0.29) is 22.1 Å². The van der Waals surface area contributed by atoms with Crippen LogP contribution in [0, 0.1) is 10.1 Å². The minimum atomic E-state index is -4.53. The summed E-state index contributed by atoms with van der Waals surface area (Å²) in [5.74, 6) is -1.14. The lowest BCUT2D eigenvalue weighted by Gasteiger charge is -2.11. The number of hydrogen-bond acceptors (Lipinski definition) is 5. The topological polar surface area (TPSA) is 113 Å². The fraction of sp³-hybridized carbons (Fsp3) is 0.0417. The summed E-state index contributed by atoms with van der Waals surface area (Å²) in [4.78, 5) is 34.5. The van der Waals surface area contributed by atoms with E-state index in [4.69, 9.17) is 12.2 Å². The van der Waals surface area contributed by atoms with Gasteiger partial charge in [-0.25, -0.2) is 0 Å². The van der Waals surface area contributed by atoms with Gasteiger partial charge in [-0.2, -0.15) is 13.2 Å². The zero-order valence-corrected chi connectivity index (χ0v) is 19.0. The molecule has 0 fully saturated rings. The molecule has 0 aliphatic carbocycles. The van der Waals surface area contributed by atoms with Crippen molar-refractivity contribution < 1.29 is 27.7 Å². The number of benzene rings is 3. The molecule has 0 aromatic heterocycles. The van der Waals surface area contributed by atoms with Crippen molar-refractivity contribution in [1.29, 1.82) is 0 Å². The van der Waals surface area contributed by atoms with Crippen LogP contribution in [0.1, 0.15) is 21.5 Å². The SMILES string of the molecule is O=C(/C=C/c1ccc([N+](=O)[O-])cc1)NC(=S)Nc1ccc(C(=O)Nc2cccc(C(F)(F)F)c2)cc1. The van der Waals surface area contributed by atoms with Crippen LogP contribution in [-0.2, 0) is 11.0 Å². The zero-order chi connectivity index (χ0) is 26.3. The standard InChI is InChI=1S/C24H17F3N4O4S/c25-24(26,27)17-2-1-3-19(14-17)28-22(33)16-7-9-18(10-8-16)29-23(36)30-21(32)13-6-15-4-11-20(12-5-15)31(34)35/h1-14H,(H,28,33)(H2,29,30,32,36)/b13-6+. The van der Waals surface area contributed by atoms with Crippen LogP contribution in [0.3, 0.4) is 0 Å². The van der Waals surface area contributed by atoms with Gasteiger partial charge in [0.15, 0.2) is 5.11 Å². The van der Waals surface area contributed by atoms with Gasteiger partial charge in [0.2, 0.25) is 5.91 Å². The fourth-order valence-electron chi connectivity index (χ4n) is 2.88. The summed E-state index contributed by atoms with van der Waals surface area (Å²) >= 11 is 5.08. The number of rotatable bonds is 6. The Morgan fingerprint density at radius 1 is 0.917 bits per heavy atom. The number of nitro benzene ring substituents is 1. The molecule has 0 aliphatic rings. The third-order valence-electron chi connectivity index (χ3n) is 4.62. The second-order valence-corrected chi connectivity index (χ2v) is 7.64. The highest BCUT2D eigenvalue weighted by Crippen LogP contribution is 2.30. The molecule has 0 aliphatic heterocycles. The number of anilines is 2. The summed E-state index contributed by atoms with van der Waals surface area (Å²) in [6.45, 7) is 0. The van der Waals surface area contributed by atoms with E-state index in [1.807, 2.05) is 0 Å². The number of alkyl halides is 3. The van der Waals surface area contributed by atoms with Gasteiger partial charge in [-0.3, -0.25) is 25.0 Å². The molecule has 2 amide bonds. The Kier molecular flexibility index (Phi) is 8.12. The monoisotopic (exact) mass is 514 g/mol. The molecule has 8 nitrogen and oxygen atoms in total. The number of thiocarbonyl (C=S) groups is 1. The van der Waals surface area contributed by atoms with Crippen LogP contribution in [0.2, 0.25) is 0 Å². The van der Waals surface area contributed by atoms with E-state index in [0.29, 0.717) is 11.3 Å². The Hall–Kier alpha value is -4.58. The smallest absolute Gasteiger partial charge is 0.332 e. The van der Waals surface area contributed by atoms with Gasteiger partial charge in [-0.1, -0.05) is 6.07 Å². The number of non-ortho nitro benzene ring substituents is 1. The molecule has 0 heterocycles. The summed E-state index contributed by atoms with van der Waals surface area (Å²) < 4.78 is 38.5. The summed E-state index contributed by atoms with van der Waals surface area (Å²) in [6.07, 6.45) is -1.86. The second-order valence-electron chi connectivity index (χ2n) is 7.24. The number of nitro groups is 1. The average Bonchev–Trinajstić information content (AvgIpc) is 2.83. The summed E-state index contributed by atoms with van der Waals surface area (Å²) in [5.41, 5.74) is 0.282. The van der Waals surface area contributed by atoms with Gasteiger partial charge >= 0.3 is 6.18 Å². The molecule has 0 radical (unpaired) electrons. The fourth-order valence-corrected chi connectivity index (χ4v) is 3.09. The molecule has 3 rings (SSSR count). The zero-order valence-electron chi connectivity index (χ0n) is 18.2. The number of nitrogens with one attached hydrogen (secondary N) is 3. The molecule has 0 unspecified atom stereocenters. The highest BCUT2D eigenvalue weighted by molar-refractivity contribution is 7.80. The number of halogens is 3. The number of carbonyl (C=O) groups is 2. The molecule has 3 aromatic rings. The maximum Gasteiger partial charge on any atom is 0.416 e. The average molecular weight is 514 g/mol. The van der Waals surface area contributed by atoms with Crippen molar-refractivity contribution in [3.63, 3.8) is 0 Å². The van der Waals surface area contributed by atoms with Gasteiger partial charge in [-0.15, -0.1) is 0 Å². The Morgan fingerprint density at radius 2 is 1.58 bits per heavy atom. The van der Waals surface area contributed by atoms with Crippen LogP contribution in [0.25, 0.3) is 6.08 Å². The van der Waals surface area contributed by atoms with Crippen molar-refractivity contribution in [1.82, 2.24) is 5.32 Å². The Bertz CT molecular complexity index is 1320. The summed E-state index contributed by atoms with van der Waals surface area (Å²) in [6, 6.07) is 15.8. The molecule has 12 heteroatoms. The lowest BCUT2D eigenvalue weighted by atomic mass is 10.1. The third kappa shape index (κ3) is 7.46. The Morgan fingerprint density at radius 3 is 2.19 bits per heavy atom. The van der Waals surface area contributed by atoms with E-state index < -0.39 is 28.5 Å². The molecule has 0 saturated heterocycles. The summed E-state index contributed by atoms with van der Waals surface area (Å²) in [7, 11) is 0. The number of carbonyl (C=O) groups excluding carboxylic acids is 2. The first-order valence-electron chi connectivity index (χ1n) is 10.1. The second kappa shape index (κ2) is 11.2. The van der Waals surface area contributed by atoms with Crippen molar-refractivity contribution in [3.8, 4) is 0 Å². The molecule has 0 atom stereocenters. The first kappa shape index (κ1) is 26.0. The van der Waals surface area contributed by atoms with Crippen LogP contribution >= 0.6 is 12.2 Å². The predicted molar refractivity (Wildman–Crippen MR) is 132 cm³/mol. The minimum Gasteiger partial charge on any atom is -0.332 e. The maximum absolute atomic E-state index is 12.8. The van der Waals surface area contributed by atoms with E-state index in [0.717, 1.165) is 12.1 Å². The largest absolute Gasteiger partial charge is 0.416 e. The highest BCUT2D eigenvalue weighted by Gasteiger charge is 2.30. The van der Waals surface area contributed by atoms with Gasteiger partial charge in [0.25, 0.3) is 11.6 Å². The lowest BCUT2D eigenvalue weighted by molar-refractivity contribution is -0.384. The van der Waals surface area contributed by atoms with Gasteiger partial charge in [0.1, 0.15) is 0 Å². The predicted octanol–water partition coefficient (Wildman–Crippen LogP) is 5.39. The highest BCUT2D eigenvalue weighted by atomic mass is 32.1.